The summed E-state index contributed by atoms with van der Waals surface area (Å²) in [5.74, 6) is 0.393. The molecule has 0 saturated carbocycles. The van der Waals surface area contributed by atoms with Gasteiger partial charge in [-0.15, -0.1) is 0 Å². The predicted molar refractivity (Wildman–Crippen MR) is 95.1 cm³/mol. The summed E-state index contributed by atoms with van der Waals surface area (Å²) in [4.78, 5) is 29.5. The van der Waals surface area contributed by atoms with Gasteiger partial charge in [-0.05, 0) is 30.6 Å². The molecule has 0 saturated heterocycles. The highest BCUT2D eigenvalue weighted by atomic mass is 32.2. The molecule has 0 aliphatic carbocycles. The number of urea groups is 1. The number of hydrogen-bond donors (Lipinski definition) is 2. The van der Waals surface area contributed by atoms with Crippen molar-refractivity contribution in [3.05, 3.63) is 30.1 Å². The lowest BCUT2D eigenvalue weighted by Crippen LogP contribution is -2.46. The molecule has 2 rings (SSSR count). The minimum Gasteiger partial charge on any atom is -0.480 e. The van der Waals surface area contributed by atoms with Gasteiger partial charge in [-0.1, -0.05) is 12.1 Å². The molecule has 1 unspecified atom stereocenters. The van der Waals surface area contributed by atoms with Crippen LogP contribution in [0.1, 0.15) is 12.2 Å². The number of nitrogens with zero attached hydrogens (tertiary/aromatic N) is 3. The van der Waals surface area contributed by atoms with Crippen LogP contribution in [-0.4, -0.2) is 56.7 Å². The third kappa shape index (κ3) is 4.19. The van der Waals surface area contributed by atoms with Crippen LogP contribution in [0.4, 0.5) is 4.79 Å². The van der Waals surface area contributed by atoms with Gasteiger partial charge >= 0.3 is 12.0 Å². The maximum atomic E-state index is 12.3. The molecule has 0 spiro atoms. The van der Waals surface area contributed by atoms with Gasteiger partial charge in [0.2, 0.25) is 0 Å². The largest absolute Gasteiger partial charge is 0.480 e. The molecule has 2 N–H and O–H groups in total. The smallest absolute Gasteiger partial charge is 0.326 e. The molecule has 1 aromatic heterocycles. The molecule has 7 nitrogen and oxygen atoms in total. The number of carbonyl (C=O) groups excluding carboxylic acids is 1. The molecule has 1 heterocycles. The molecular formula is C16H22N4O3S. The molecule has 8 heteroatoms. The minimum absolute atomic E-state index is 0.298. The van der Waals surface area contributed by atoms with Gasteiger partial charge < -0.3 is 19.9 Å². The van der Waals surface area contributed by atoms with Crippen molar-refractivity contribution in [1.82, 2.24) is 19.8 Å². The summed E-state index contributed by atoms with van der Waals surface area (Å²) < 4.78 is 1.93. The van der Waals surface area contributed by atoms with Gasteiger partial charge in [-0.2, -0.15) is 11.8 Å². The Morgan fingerprint density at radius 2 is 2.12 bits per heavy atom. The highest BCUT2D eigenvalue weighted by Crippen LogP contribution is 2.15. The Morgan fingerprint density at radius 3 is 2.75 bits per heavy atom. The molecule has 0 aliphatic rings. The van der Waals surface area contributed by atoms with Crippen LogP contribution in [0.3, 0.4) is 0 Å². The fourth-order valence-corrected chi connectivity index (χ4v) is 2.84. The predicted octanol–water partition coefficient (Wildman–Crippen LogP) is 1.92. The Labute approximate surface area is 145 Å². The molecule has 2 amide bonds. The Morgan fingerprint density at radius 1 is 1.42 bits per heavy atom. The fourth-order valence-electron chi connectivity index (χ4n) is 2.37. The van der Waals surface area contributed by atoms with E-state index in [0.29, 0.717) is 18.7 Å². The zero-order valence-corrected chi connectivity index (χ0v) is 14.8. The first-order valence-corrected chi connectivity index (χ1v) is 8.97. The standard InChI is InChI=1S/C16H22N4O3S/c1-19(16(23)18-12(15(21)22)8-9-24-3)10-14-17-11-6-4-5-7-13(11)20(14)2/h4-7,12H,8-10H2,1-3H3,(H,18,23)(H,21,22). The normalized spacial score (nSPS) is 12.1. The lowest BCUT2D eigenvalue weighted by atomic mass is 10.2. The van der Waals surface area contributed by atoms with Crippen LogP contribution in [0.5, 0.6) is 0 Å². The SMILES string of the molecule is CSCCC(NC(=O)N(C)Cc1nc2ccccc2n1C)C(=O)O. The van der Waals surface area contributed by atoms with Gasteiger partial charge in [-0.25, -0.2) is 14.6 Å². The summed E-state index contributed by atoms with van der Waals surface area (Å²) >= 11 is 1.55. The first kappa shape index (κ1) is 18.1. The topological polar surface area (TPSA) is 87.5 Å². The van der Waals surface area contributed by atoms with Gasteiger partial charge in [0.25, 0.3) is 0 Å². The van der Waals surface area contributed by atoms with Crippen LogP contribution >= 0.6 is 11.8 Å². The average molecular weight is 350 g/mol. The van der Waals surface area contributed by atoms with Crippen LogP contribution in [0, 0.1) is 0 Å². The summed E-state index contributed by atoms with van der Waals surface area (Å²) in [6.07, 6.45) is 2.29. The number of thioether (sulfide) groups is 1. The van der Waals surface area contributed by atoms with E-state index in [9.17, 15) is 14.7 Å². The van der Waals surface area contributed by atoms with Crippen molar-refractivity contribution < 1.29 is 14.7 Å². The van der Waals surface area contributed by atoms with Crippen molar-refractivity contribution in [3.63, 3.8) is 0 Å². The molecule has 2 aromatic rings. The molecule has 130 valence electrons. The second kappa shape index (κ2) is 8.05. The number of carbonyl (C=O) groups is 2. The average Bonchev–Trinajstić information content (AvgIpc) is 2.87. The third-order valence-corrected chi connectivity index (χ3v) is 4.46. The zero-order valence-electron chi connectivity index (χ0n) is 14.0. The summed E-state index contributed by atoms with van der Waals surface area (Å²) in [6, 6.07) is 6.44. The monoisotopic (exact) mass is 350 g/mol. The lowest BCUT2D eigenvalue weighted by molar-refractivity contribution is -0.139. The Kier molecular flexibility index (Phi) is 6.08. The van der Waals surface area contributed by atoms with Crippen LogP contribution in [0.25, 0.3) is 11.0 Å². The number of fused-ring (bicyclic) bond motifs is 1. The quantitative estimate of drug-likeness (QED) is 0.797. The van der Waals surface area contributed by atoms with Gasteiger partial charge in [0, 0.05) is 14.1 Å². The van der Waals surface area contributed by atoms with Crippen molar-refractivity contribution in [3.8, 4) is 0 Å². The van der Waals surface area contributed by atoms with Gasteiger partial charge in [0.05, 0.1) is 17.6 Å². The van der Waals surface area contributed by atoms with Crippen molar-refractivity contribution >= 4 is 34.8 Å². The number of hydrogen-bond acceptors (Lipinski definition) is 4. The first-order chi connectivity index (χ1) is 11.4. The number of carboxylic acids is 1. The number of benzene rings is 1. The van der Waals surface area contributed by atoms with Crippen molar-refractivity contribution in [2.24, 2.45) is 7.05 Å². The Hall–Kier alpha value is -2.22. The number of amides is 2. The number of aliphatic carboxylic acids is 1. The summed E-state index contributed by atoms with van der Waals surface area (Å²) in [6.45, 7) is 0.298. The molecule has 0 fully saturated rings. The van der Waals surface area contributed by atoms with Crippen LogP contribution < -0.4 is 5.32 Å². The van der Waals surface area contributed by atoms with E-state index >= 15 is 0 Å². The second-order valence-electron chi connectivity index (χ2n) is 5.55. The Balaban J connectivity index is 2.04. The molecule has 0 aliphatic heterocycles. The van der Waals surface area contributed by atoms with E-state index in [1.54, 1.807) is 18.8 Å². The second-order valence-corrected chi connectivity index (χ2v) is 6.54. The number of imidazole rings is 1. The van der Waals surface area contributed by atoms with E-state index < -0.39 is 18.0 Å². The van der Waals surface area contributed by atoms with Crippen LogP contribution in [0.15, 0.2) is 24.3 Å². The fraction of sp³-hybridized carbons (Fsp3) is 0.438. The molecule has 24 heavy (non-hydrogen) atoms. The summed E-state index contributed by atoms with van der Waals surface area (Å²) in [7, 11) is 3.52. The van der Waals surface area contributed by atoms with E-state index in [0.717, 1.165) is 16.9 Å². The summed E-state index contributed by atoms with van der Waals surface area (Å²) in [5, 5.41) is 11.8. The van der Waals surface area contributed by atoms with Gasteiger partial charge in [0.15, 0.2) is 0 Å². The number of aryl methyl sites for hydroxylation is 1. The number of para-hydroxylation sites is 2. The maximum Gasteiger partial charge on any atom is 0.326 e. The van der Waals surface area contributed by atoms with Crippen molar-refractivity contribution in [1.29, 1.82) is 0 Å². The highest BCUT2D eigenvalue weighted by molar-refractivity contribution is 7.98. The van der Waals surface area contributed by atoms with Crippen LogP contribution in [0.2, 0.25) is 0 Å². The van der Waals surface area contributed by atoms with Crippen molar-refractivity contribution in [2.75, 3.05) is 19.1 Å². The number of aromatic nitrogens is 2. The van der Waals surface area contributed by atoms with E-state index in [-0.39, 0.29) is 0 Å². The number of rotatable bonds is 7. The number of nitrogens with one attached hydrogen (secondary N) is 1. The summed E-state index contributed by atoms with van der Waals surface area (Å²) in [5.41, 5.74) is 1.86. The lowest BCUT2D eigenvalue weighted by Gasteiger charge is -2.21. The minimum atomic E-state index is -1.02. The number of carboxylic acid groups (broad SMARTS) is 1. The molecule has 0 bridgehead atoms. The highest BCUT2D eigenvalue weighted by Gasteiger charge is 2.22. The van der Waals surface area contributed by atoms with E-state index in [4.69, 9.17) is 0 Å². The molecular weight excluding hydrogens is 328 g/mol. The van der Waals surface area contributed by atoms with Gasteiger partial charge in [0.1, 0.15) is 11.9 Å². The third-order valence-electron chi connectivity index (χ3n) is 3.81. The van der Waals surface area contributed by atoms with E-state index in [1.807, 2.05) is 42.1 Å². The molecule has 1 aromatic carbocycles. The maximum absolute atomic E-state index is 12.3. The van der Waals surface area contributed by atoms with Crippen molar-refractivity contribution in [2.45, 2.75) is 19.0 Å². The molecule has 1 atom stereocenters. The van der Waals surface area contributed by atoms with Crippen LogP contribution in [-0.2, 0) is 18.4 Å². The molecule has 0 radical (unpaired) electrons. The first-order valence-electron chi connectivity index (χ1n) is 7.57. The Bertz CT molecular complexity index is 731. The van der Waals surface area contributed by atoms with E-state index in [2.05, 4.69) is 10.3 Å². The van der Waals surface area contributed by atoms with E-state index in [1.165, 1.54) is 4.90 Å². The zero-order chi connectivity index (χ0) is 17.7. The van der Waals surface area contributed by atoms with Gasteiger partial charge in [-0.3, -0.25) is 0 Å².